The number of hydrogen-bond acceptors (Lipinski definition) is 9. The molecule has 0 fully saturated rings. The first-order valence-corrected chi connectivity index (χ1v) is 13.8. The average molecular weight is 603 g/mol. The van der Waals surface area contributed by atoms with Crippen LogP contribution in [0.15, 0.2) is 90.2 Å². The summed E-state index contributed by atoms with van der Waals surface area (Å²) in [6, 6.07) is 18.7. The molecular weight excluding hydrogens is 568 g/mol. The number of rotatable bonds is 10. The van der Waals surface area contributed by atoms with Gasteiger partial charge >= 0.3 is 11.9 Å². The molecule has 4 N–H and O–H groups in total. The molecule has 2 aromatic heterocycles. The molecule has 0 saturated heterocycles. The van der Waals surface area contributed by atoms with Gasteiger partial charge in [0.15, 0.2) is 0 Å². The molecule has 44 heavy (non-hydrogen) atoms. The number of benzene rings is 2. The topological polar surface area (TPSA) is 190 Å². The molecule has 5 rings (SSSR count). The standard InChI is InChI=1S/C15H19N5.C11H11N3O2.C4H4O4/c1-2-20-10-7-14(19-20)12-5-3-4-6-13(12)18-11-15-16-8-9-17-15;1-2-13-8-7-10(12-13)9-5-3-4-6-11(9)14(15)16;5-3(6)1-2-4(7)8/h3-7,10,18H,2,8-9,11H2,1H3,(H,16,17);3-8H,2H2,1H3;1-2H,(H,5,6)(H,7,8)/b;;2-1+. The van der Waals surface area contributed by atoms with E-state index in [1.165, 1.54) is 6.07 Å². The lowest BCUT2D eigenvalue weighted by Crippen LogP contribution is -2.26. The molecule has 0 spiro atoms. The van der Waals surface area contributed by atoms with Crippen LogP contribution in [0.3, 0.4) is 0 Å². The van der Waals surface area contributed by atoms with Gasteiger partial charge in [-0.15, -0.1) is 0 Å². The van der Waals surface area contributed by atoms with Crippen molar-refractivity contribution in [3.8, 4) is 22.5 Å². The van der Waals surface area contributed by atoms with Crippen molar-refractivity contribution in [2.45, 2.75) is 26.9 Å². The molecular formula is C30H34N8O6. The van der Waals surface area contributed by atoms with Gasteiger partial charge in [-0.3, -0.25) is 24.5 Å². The van der Waals surface area contributed by atoms with Crippen LogP contribution in [0.25, 0.3) is 22.5 Å². The van der Waals surface area contributed by atoms with E-state index in [4.69, 9.17) is 10.2 Å². The Kier molecular flexibility index (Phi) is 12.3. The van der Waals surface area contributed by atoms with Gasteiger partial charge in [0.2, 0.25) is 0 Å². The van der Waals surface area contributed by atoms with Crippen LogP contribution in [0, 0.1) is 10.1 Å². The van der Waals surface area contributed by atoms with Crippen LogP contribution in [0.1, 0.15) is 13.8 Å². The number of para-hydroxylation sites is 2. The van der Waals surface area contributed by atoms with Crippen LogP contribution in [0.5, 0.6) is 0 Å². The second-order valence-electron chi connectivity index (χ2n) is 9.05. The smallest absolute Gasteiger partial charge is 0.328 e. The fraction of sp³-hybridized carbons (Fsp3) is 0.233. The zero-order chi connectivity index (χ0) is 31.9. The van der Waals surface area contributed by atoms with E-state index in [-0.39, 0.29) is 10.6 Å². The Morgan fingerprint density at radius 2 is 1.45 bits per heavy atom. The maximum absolute atomic E-state index is 10.8. The van der Waals surface area contributed by atoms with Gasteiger partial charge in [-0.2, -0.15) is 10.2 Å². The Balaban J connectivity index is 0.000000198. The maximum atomic E-state index is 10.8. The van der Waals surface area contributed by atoms with Crippen LogP contribution in [-0.4, -0.2) is 72.1 Å². The second-order valence-corrected chi connectivity index (χ2v) is 9.05. The van der Waals surface area contributed by atoms with Crippen LogP contribution in [-0.2, 0) is 22.7 Å². The van der Waals surface area contributed by atoms with Gasteiger partial charge in [-0.1, -0.05) is 30.3 Å². The minimum atomic E-state index is -1.26. The van der Waals surface area contributed by atoms with Crippen molar-refractivity contribution in [1.82, 2.24) is 24.9 Å². The number of carbonyl (C=O) groups is 2. The van der Waals surface area contributed by atoms with Gasteiger partial charge in [0.25, 0.3) is 5.69 Å². The van der Waals surface area contributed by atoms with Gasteiger partial charge in [0, 0.05) is 61.5 Å². The number of nitro benzene ring substituents is 1. The number of amidine groups is 1. The van der Waals surface area contributed by atoms with Crippen LogP contribution in [0.4, 0.5) is 11.4 Å². The third-order valence-electron chi connectivity index (χ3n) is 6.07. The minimum absolute atomic E-state index is 0.0869. The predicted octanol–water partition coefficient (Wildman–Crippen LogP) is 4.17. The molecule has 2 aromatic carbocycles. The molecule has 3 heterocycles. The SMILES string of the molecule is CCn1ccc(-c2ccccc2NCC2=NCCN2)n1.CCn1ccc(-c2ccccc2[N+](=O)[O-])n1.O=C(O)/C=C/C(=O)O. The Hall–Kier alpha value is -5.79. The Labute approximate surface area is 253 Å². The highest BCUT2D eigenvalue weighted by atomic mass is 16.6. The van der Waals surface area contributed by atoms with E-state index in [0.717, 1.165) is 55.5 Å². The van der Waals surface area contributed by atoms with Crippen molar-refractivity contribution >= 4 is 29.1 Å². The summed E-state index contributed by atoms with van der Waals surface area (Å²) in [7, 11) is 0. The number of nitrogens with zero attached hydrogens (tertiary/aromatic N) is 6. The third kappa shape index (κ3) is 9.94. The van der Waals surface area contributed by atoms with Crippen molar-refractivity contribution < 1.29 is 24.7 Å². The molecule has 0 unspecified atom stereocenters. The molecule has 0 radical (unpaired) electrons. The van der Waals surface area contributed by atoms with Gasteiger partial charge in [-0.25, -0.2) is 9.59 Å². The number of nitrogens with one attached hydrogen (secondary N) is 2. The molecule has 14 nitrogen and oxygen atoms in total. The fourth-order valence-corrected chi connectivity index (χ4v) is 3.96. The summed E-state index contributed by atoms with van der Waals surface area (Å²) >= 11 is 0. The first-order valence-electron chi connectivity index (χ1n) is 13.8. The lowest BCUT2D eigenvalue weighted by Gasteiger charge is -2.10. The van der Waals surface area contributed by atoms with Crippen molar-refractivity contribution in [2.24, 2.45) is 4.99 Å². The highest BCUT2D eigenvalue weighted by Crippen LogP contribution is 2.28. The van der Waals surface area contributed by atoms with E-state index in [2.05, 4.69) is 50.9 Å². The molecule has 0 amide bonds. The zero-order valence-electron chi connectivity index (χ0n) is 24.3. The fourth-order valence-electron chi connectivity index (χ4n) is 3.96. The molecule has 1 aliphatic rings. The van der Waals surface area contributed by atoms with Crippen LogP contribution in [0.2, 0.25) is 0 Å². The number of carboxylic acids is 2. The number of carboxylic acid groups (broad SMARTS) is 2. The van der Waals surface area contributed by atoms with E-state index < -0.39 is 11.9 Å². The average Bonchev–Trinajstić information content (AvgIpc) is 3.82. The van der Waals surface area contributed by atoms with Gasteiger partial charge in [-0.05, 0) is 38.1 Å². The van der Waals surface area contributed by atoms with Crippen LogP contribution < -0.4 is 10.6 Å². The van der Waals surface area contributed by atoms with E-state index in [1.54, 1.807) is 28.9 Å². The molecule has 0 aliphatic carbocycles. The summed E-state index contributed by atoms with van der Waals surface area (Å²) < 4.78 is 3.68. The molecule has 0 saturated carbocycles. The Morgan fingerprint density at radius 3 is 1.95 bits per heavy atom. The number of nitro groups is 1. The van der Waals surface area contributed by atoms with Crippen molar-refractivity contribution in [3.63, 3.8) is 0 Å². The van der Waals surface area contributed by atoms with E-state index in [1.807, 2.05) is 36.1 Å². The molecule has 230 valence electrons. The lowest BCUT2D eigenvalue weighted by atomic mass is 10.1. The normalized spacial score (nSPS) is 11.8. The second kappa shape index (κ2) is 16.6. The van der Waals surface area contributed by atoms with E-state index >= 15 is 0 Å². The van der Waals surface area contributed by atoms with Gasteiger partial charge in [0.05, 0.1) is 35.0 Å². The van der Waals surface area contributed by atoms with Gasteiger partial charge in [0.1, 0.15) is 5.84 Å². The van der Waals surface area contributed by atoms with E-state index in [0.29, 0.717) is 23.4 Å². The summed E-state index contributed by atoms with van der Waals surface area (Å²) in [6.07, 6.45) is 4.94. The van der Waals surface area contributed by atoms with E-state index in [9.17, 15) is 19.7 Å². The molecule has 4 aromatic rings. The number of aliphatic carboxylic acids is 2. The summed E-state index contributed by atoms with van der Waals surface area (Å²) in [6.45, 7) is 8.24. The number of aryl methyl sites for hydroxylation is 2. The molecule has 1 aliphatic heterocycles. The molecule has 14 heteroatoms. The van der Waals surface area contributed by atoms with Gasteiger partial charge < -0.3 is 20.8 Å². The number of anilines is 1. The van der Waals surface area contributed by atoms with Crippen LogP contribution >= 0.6 is 0 Å². The molecule has 0 bridgehead atoms. The summed E-state index contributed by atoms with van der Waals surface area (Å²) in [4.78, 5) is 34.0. The maximum Gasteiger partial charge on any atom is 0.328 e. The first kappa shape index (κ1) is 32.7. The zero-order valence-corrected chi connectivity index (χ0v) is 24.3. The Morgan fingerprint density at radius 1 is 0.909 bits per heavy atom. The van der Waals surface area contributed by atoms with Crippen molar-refractivity contribution in [3.05, 3.63) is 95.3 Å². The highest BCUT2D eigenvalue weighted by molar-refractivity contribution is 5.90. The molecule has 0 atom stereocenters. The number of aliphatic imine (C=N–C) groups is 1. The first-order chi connectivity index (χ1) is 21.2. The number of hydrogen-bond donors (Lipinski definition) is 4. The predicted molar refractivity (Wildman–Crippen MR) is 167 cm³/mol. The quantitative estimate of drug-likeness (QED) is 0.116. The summed E-state index contributed by atoms with van der Waals surface area (Å²) in [5.41, 5.74) is 4.48. The van der Waals surface area contributed by atoms with Crippen molar-refractivity contribution in [1.29, 1.82) is 0 Å². The Bertz CT molecular complexity index is 1610. The lowest BCUT2D eigenvalue weighted by molar-refractivity contribution is -0.384. The largest absolute Gasteiger partial charge is 0.478 e. The summed E-state index contributed by atoms with van der Waals surface area (Å²) in [5.74, 6) is -1.49. The highest BCUT2D eigenvalue weighted by Gasteiger charge is 2.15. The van der Waals surface area contributed by atoms with Crippen molar-refractivity contribution in [2.75, 3.05) is 25.0 Å². The minimum Gasteiger partial charge on any atom is -0.478 e. The third-order valence-corrected chi connectivity index (χ3v) is 6.07. The number of aromatic nitrogens is 4. The monoisotopic (exact) mass is 602 g/mol. The summed E-state index contributed by atoms with van der Waals surface area (Å²) in [5, 5.41) is 42.0.